The van der Waals surface area contributed by atoms with Gasteiger partial charge in [-0.3, -0.25) is 0 Å². The number of nitrogens with two attached hydrogens (primary N) is 1. The monoisotopic (exact) mass is 365 g/mol. The zero-order chi connectivity index (χ0) is 17.6. The van der Waals surface area contributed by atoms with Crippen molar-refractivity contribution >= 4 is 33.7 Å². The summed E-state index contributed by atoms with van der Waals surface area (Å²) in [5.74, 6) is 0.559. The number of pyridine rings is 1. The summed E-state index contributed by atoms with van der Waals surface area (Å²) in [4.78, 5) is 4.56. The van der Waals surface area contributed by atoms with Crippen LogP contribution in [0.15, 0.2) is 41.1 Å². The summed E-state index contributed by atoms with van der Waals surface area (Å²) in [5.41, 5.74) is 10.8. The molecule has 2 bridgehead atoms. The Labute approximate surface area is 157 Å². The fraction of sp³-hybridized carbons (Fsp3) is 0.381. The predicted molar refractivity (Wildman–Crippen MR) is 109 cm³/mol. The van der Waals surface area contributed by atoms with Crippen LogP contribution in [0.1, 0.15) is 25.7 Å². The van der Waals surface area contributed by atoms with E-state index in [4.69, 9.17) is 10.5 Å². The summed E-state index contributed by atoms with van der Waals surface area (Å²) in [5, 5.41) is 9.05. The summed E-state index contributed by atoms with van der Waals surface area (Å²) < 4.78 is 5.96. The Kier molecular flexibility index (Phi) is 3.87. The van der Waals surface area contributed by atoms with Crippen molar-refractivity contribution in [3.8, 4) is 11.1 Å². The third-order valence-electron chi connectivity index (χ3n) is 5.96. The molecule has 1 aliphatic carbocycles. The van der Waals surface area contributed by atoms with Gasteiger partial charge in [-0.05, 0) is 59.7 Å². The van der Waals surface area contributed by atoms with Crippen LogP contribution in [0.2, 0.25) is 0 Å². The van der Waals surface area contributed by atoms with E-state index >= 15 is 0 Å². The van der Waals surface area contributed by atoms with E-state index in [0.717, 1.165) is 29.7 Å². The van der Waals surface area contributed by atoms with Gasteiger partial charge < -0.3 is 15.8 Å². The number of benzene rings is 1. The molecule has 134 valence electrons. The molecule has 0 radical (unpaired) electrons. The first kappa shape index (κ1) is 16.1. The van der Waals surface area contributed by atoms with Crippen molar-refractivity contribution in [2.24, 2.45) is 5.41 Å². The average molecular weight is 366 g/mol. The molecular formula is C21H23N3OS. The predicted octanol–water partition coefficient (Wildman–Crippen LogP) is 4.92. The van der Waals surface area contributed by atoms with Crippen LogP contribution in [0.4, 0.5) is 11.5 Å². The summed E-state index contributed by atoms with van der Waals surface area (Å²) in [7, 11) is 0. The Morgan fingerprint density at radius 1 is 1.19 bits per heavy atom. The standard InChI is InChI=1S/C21H23N3OS/c22-20-10-18(23-12-21-6-3-16(4-7-21)25-13-21)17-2-1-14(9-19(17)24-20)15-5-8-26-11-15/h1-2,5,8-11,16H,3-4,6-7,12-13H2,(H3,22,23,24). The Morgan fingerprint density at radius 3 is 2.81 bits per heavy atom. The molecular weight excluding hydrogens is 342 g/mol. The maximum atomic E-state index is 6.10. The molecule has 2 aromatic heterocycles. The number of hydrogen-bond acceptors (Lipinski definition) is 5. The molecule has 6 rings (SSSR count). The lowest BCUT2D eigenvalue weighted by Crippen LogP contribution is -2.46. The van der Waals surface area contributed by atoms with Crippen LogP contribution in [-0.4, -0.2) is 24.2 Å². The largest absolute Gasteiger partial charge is 0.384 e. The van der Waals surface area contributed by atoms with Gasteiger partial charge in [0.1, 0.15) is 5.82 Å². The van der Waals surface area contributed by atoms with Gasteiger partial charge in [-0.1, -0.05) is 12.1 Å². The van der Waals surface area contributed by atoms with E-state index in [9.17, 15) is 0 Å². The number of hydrogen-bond donors (Lipinski definition) is 2. The highest BCUT2D eigenvalue weighted by atomic mass is 32.1. The Hall–Kier alpha value is -2.11. The van der Waals surface area contributed by atoms with Crippen LogP contribution < -0.4 is 11.1 Å². The molecule has 26 heavy (non-hydrogen) atoms. The van der Waals surface area contributed by atoms with Gasteiger partial charge in [-0.15, -0.1) is 0 Å². The molecule has 1 aromatic carbocycles. The van der Waals surface area contributed by atoms with Crippen molar-refractivity contribution in [3.63, 3.8) is 0 Å². The molecule has 0 atom stereocenters. The maximum Gasteiger partial charge on any atom is 0.126 e. The average Bonchev–Trinajstić information content (AvgIpc) is 3.22. The molecule has 0 amide bonds. The lowest BCUT2D eigenvalue weighted by molar-refractivity contribution is -0.108. The molecule has 3 aromatic rings. The third kappa shape index (κ3) is 2.85. The molecule has 3 N–H and O–H groups in total. The minimum absolute atomic E-state index is 0.274. The molecule has 4 nitrogen and oxygen atoms in total. The number of fused-ring (bicyclic) bond motifs is 4. The van der Waals surface area contributed by atoms with Crippen LogP contribution in [0.25, 0.3) is 22.0 Å². The van der Waals surface area contributed by atoms with Gasteiger partial charge in [0.25, 0.3) is 0 Å². The number of ether oxygens (including phenoxy) is 1. The van der Waals surface area contributed by atoms with Crippen molar-refractivity contribution < 1.29 is 4.74 Å². The molecule has 0 unspecified atom stereocenters. The Bertz CT molecular complexity index is 916. The summed E-state index contributed by atoms with van der Waals surface area (Å²) in [6.45, 7) is 1.82. The van der Waals surface area contributed by atoms with E-state index in [0.29, 0.717) is 11.9 Å². The third-order valence-corrected chi connectivity index (χ3v) is 6.64. The van der Waals surface area contributed by atoms with Crippen LogP contribution in [0.5, 0.6) is 0 Å². The molecule has 3 fully saturated rings. The smallest absolute Gasteiger partial charge is 0.126 e. The normalized spacial score (nSPS) is 24.8. The van der Waals surface area contributed by atoms with Gasteiger partial charge in [-0.2, -0.15) is 11.3 Å². The maximum absolute atomic E-state index is 6.10. The van der Waals surface area contributed by atoms with Gasteiger partial charge in [0.15, 0.2) is 0 Å². The van der Waals surface area contributed by atoms with E-state index in [1.165, 1.54) is 36.8 Å². The van der Waals surface area contributed by atoms with Crippen LogP contribution in [0, 0.1) is 5.41 Å². The minimum Gasteiger partial charge on any atom is -0.384 e. The van der Waals surface area contributed by atoms with Gasteiger partial charge >= 0.3 is 0 Å². The quantitative estimate of drug-likeness (QED) is 0.689. The van der Waals surface area contributed by atoms with Gasteiger partial charge in [0, 0.05) is 29.1 Å². The fourth-order valence-electron chi connectivity index (χ4n) is 4.32. The Morgan fingerprint density at radius 2 is 2.08 bits per heavy atom. The van der Waals surface area contributed by atoms with Crippen LogP contribution in [-0.2, 0) is 4.74 Å². The fourth-order valence-corrected chi connectivity index (χ4v) is 4.99. The zero-order valence-electron chi connectivity index (χ0n) is 14.7. The molecule has 5 heteroatoms. The van der Waals surface area contributed by atoms with Crippen molar-refractivity contribution in [1.29, 1.82) is 0 Å². The second-order valence-corrected chi connectivity index (χ2v) is 8.48. The first-order valence-corrected chi connectivity index (χ1v) is 10.2. The Balaban J connectivity index is 1.45. The van der Waals surface area contributed by atoms with Crippen molar-refractivity contribution in [3.05, 3.63) is 41.1 Å². The van der Waals surface area contributed by atoms with Gasteiger partial charge in [0.05, 0.1) is 18.2 Å². The molecule has 1 saturated carbocycles. The molecule has 2 saturated heterocycles. The lowest BCUT2D eigenvalue weighted by Gasteiger charge is -2.46. The summed E-state index contributed by atoms with van der Waals surface area (Å²) >= 11 is 1.71. The SMILES string of the molecule is Nc1cc(NCC23CCC(CC2)OC3)c2ccc(-c3ccsc3)cc2n1. The van der Waals surface area contributed by atoms with E-state index in [-0.39, 0.29) is 5.41 Å². The van der Waals surface area contributed by atoms with Crippen molar-refractivity contribution in [1.82, 2.24) is 4.98 Å². The second-order valence-electron chi connectivity index (χ2n) is 7.70. The first-order valence-electron chi connectivity index (χ1n) is 9.29. The number of aromatic nitrogens is 1. The van der Waals surface area contributed by atoms with Crippen LogP contribution in [0.3, 0.4) is 0 Å². The van der Waals surface area contributed by atoms with E-state index in [1.807, 2.05) is 6.07 Å². The van der Waals surface area contributed by atoms with Gasteiger partial charge in [-0.25, -0.2) is 4.98 Å². The number of nitrogen functional groups attached to an aromatic ring is 1. The highest BCUT2D eigenvalue weighted by Crippen LogP contribution is 2.43. The van der Waals surface area contributed by atoms with E-state index in [1.54, 1.807) is 11.3 Å². The molecule has 3 aliphatic rings. The number of rotatable bonds is 4. The first-order chi connectivity index (χ1) is 12.7. The number of nitrogens with zero attached hydrogens (tertiary/aromatic N) is 1. The number of thiophene rings is 1. The summed E-state index contributed by atoms with van der Waals surface area (Å²) in [6.07, 6.45) is 5.41. The zero-order valence-corrected chi connectivity index (χ0v) is 15.5. The second kappa shape index (κ2) is 6.25. The summed E-state index contributed by atoms with van der Waals surface area (Å²) in [6, 6.07) is 10.5. The lowest BCUT2D eigenvalue weighted by atomic mass is 9.71. The van der Waals surface area contributed by atoms with E-state index < -0.39 is 0 Å². The van der Waals surface area contributed by atoms with E-state index in [2.05, 4.69) is 45.3 Å². The minimum atomic E-state index is 0.274. The van der Waals surface area contributed by atoms with Crippen molar-refractivity contribution in [2.75, 3.05) is 24.2 Å². The number of anilines is 2. The molecule has 4 heterocycles. The van der Waals surface area contributed by atoms with Gasteiger partial charge in [0.2, 0.25) is 0 Å². The molecule has 2 aliphatic heterocycles. The van der Waals surface area contributed by atoms with Crippen molar-refractivity contribution in [2.45, 2.75) is 31.8 Å². The van der Waals surface area contributed by atoms with Crippen LogP contribution >= 0.6 is 11.3 Å². The topological polar surface area (TPSA) is 60.2 Å². The highest BCUT2D eigenvalue weighted by molar-refractivity contribution is 7.08. The number of nitrogens with one attached hydrogen (secondary N) is 1. The highest BCUT2D eigenvalue weighted by Gasteiger charge is 2.41. The molecule has 0 spiro atoms.